The normalized spacial score (nSPS) is 16.8. The van der Waals surface area contributed by atoms with Crippen molar-refractivity contribution < 1.29 is 9.53 Å². The molecule has 3 rings (SSSR count). The molecule has 27 heavy (non-hydrogen) atoms. The molecule has 1 heterocycles. The fourth-order valence-corrected chi connectivity index (χ4v) is 3.76. The highest BCUT2D eigenvalue weighted by Crippen LogP contribution is 2.24. The summed E-state index contributed by atoms with van der Waals surface area (Å²) in [4.78, 5) is 14.2. The Morgan fingerprint density at radius 2 is 1.74 bits per heavy atom. The van der Waals surface area contributed by atoms with Gasteiger partial charge in [-0.3, -0.25) is 4.79 Å². The van der Waals surface area contributed by atoms with E-state index < -0.39 is 0 Å². The monoisotopic (exact) mass is 382 g/mol. The van der Waals surface area contributed by atoms with E-state index in [1.807, 2.05) is 43.3 Å². The van der Waals surface area contributed by atoms with Crippen molar-refractivity contribution in [1.82, 2.24) is 10.2 Å². The van der Waals surface area contributed by atoms with Crippen molar-refractivity contribution in [2.75, 3.05) is 19.7 Å². The maximum atomic E-state index is 12.1. The van der Waals surface area contributed by atoms with Crippen LogP contribution in [0, 0.1) is 5.92 Å². The lowest BCUT2D eigenvalue weighted by molar-refractivity contribution is -0.149. The van der Waals surface area contributed by atoms with Crippen LogP contribution in [0.15, 0.2) is 60.7 Å². The number of hydrogen-bond acceptors (Lipinski definition) is 3. The topological polar surface area (TPSA) is 41.6 Å². The van der Waals surface area contributed by atoms with Crippen LogP contribution < -0.4 is 5.32 Å². The van der Waals surface area contributed by atoms with Crippen molar-refractivity contribution in [3.05, 3.63) is 71.8 Å². The van der Waals surface area contributed by atoms with E-state index in [0.717, 1.165) is 30.5 Å². The number of nitrogens with one attached hydrogen (secondary N) is 1. The maximum absolute atomic E-state index is 12.1. The van der Waals surface area contributed by atoms with Gasteiger partial charge in [0.2, 0.25) is 0 Å². The second-order valence-electron chi connectivity index (χ2n) is 6.74. The molecular formula is C22H26N2O2S. The molecule has 142 valence electrons. The van der Waals surface area contributed by atoms with Gasteiger partial charge < -0.3 is 15.0 Å². The van der Waals surface area contributed by atoms with Crippen molar-refractivity contribution in [3.8, 4) is 0 Å². The lowest BCUT2D eigenvalue weighted by Gasteiger charge is -2.35. The number of nitrogens with zero attached hydrogens (tertiary/aromatic N) is 1. The summed E-state index contributed by atoms with van der Waals surface area (Å²) in [6.45, 7) is 3.73. The van der Waals surface area contributed by atoms with E-state index in [-0.39, 0.29) is 17.9 Å². The smallest absolute Gasteiger partial charge is 0.310 e. The second kappa shape index (κ2) is 9.51. The maximum Gasteiger partial charge on any atom is 0.310 e. The van der Waals surface area contributed by atoms with Crippen LogP contribution in [0.4, 0.5) is 0 Å². The number of carbonyl (C=O) groups excluding carboxylic acids is 1. The van der Waals surface area contributed by atoms with Crippen LogP contribution in [0.2, 0.25) is 0 Å². The summed E-state index contributed by atoms with van der Waals surface area (Å²) < 4.78 is 5.20. The van der Waals surface area contributed by atoms with Gasteiger partial charge in [0.1, 0.15) is 0 Å². The molecule has 0 aliphatic carbocycles. The molecule has 0 amide bonds. The van der Waals surface area contributed by atoms with Crippen molar-refractivity contribution in [2.24, 2.45) is 5.92 Å². The summed E-state index contributed by atoms with van der Waals surface area (Å²) in [5, 5.41) is 4.20. The van der Waals surface area contributed by atoms with Gasteiger partial charge in [-0.05, 0) is 43.1 Å². The highest BCUT2D eigenvalue weighted by Gasteiger charge is 2.29. The Balaban J connectivity index is 1.74. The molecule has 4 nitrogen and oxygen atoms in total. The van der Waals surface area contributed by atoms with Crippen molar-refractivity contribution in [1.29, 1.82) is 0 Å². The van der Waals surface area contributed by atoms with Crippen molar-refractivity contribution in [2.45, 2.75) is 25.8 Å². The van der Waals surface area contributed by atoms with Crippen molar-refractivity contribution >= 4 is 23.3 Å². The zero-order chi connectivity index (χ0) is 19.1. The molecule has 0 bridgehead atoms. The summed E-state index contributed by atoms with van der Waals surface area (Å²) in [5.41, 5.74) is 2.31. The summed E-state index contributed by atoms with van der Waals surface area (Å²) in [6, 6.07) is 20.5. The number of carbonyl (C=O) groups is 1. The highest BCUT2D eigenvalue weighted by molar-refractivity contribution is 7.80. The Labute approximate surface area is 166 Å². The molecule has 0 saturated carbocycles. The lowest BCUT2D eigenvalue weighted by atomic mass is 9.97. The number of ether oxygens (including phenoxy) is 1. The third-order valence-electron chi connectivity index (χ3n) is 4.86. The minimum Gasteiger partial charge on any atom is -0.466 e. The summed E-state index contributed by atoms with van der Waals surface area (Å²) >= 11 is 5.72. The standard InChI is InChI=1S/C22H26N2O2S/c1-2-26-21(25)19-14-9-15-24(16-19)22(27)23-20(17-10-5-3-6-11-17)18-12-7-4-8-13-18/h3-8,10-13,19-20H,2,9,14-16H2,1H3,(H,23,27). The van der Waals surface area contributed by atoms with Crippen LogP contribution in [-0.4, -0.2) is 35.7 Å². The van der Waals surface area contributed by atoms with Crippen LogP contribution in [0.1, 0.15) is 36.9 Å². The Kier molecular flexibility index (Phi) is 6.82. The first-order valence-corrected chi connectivity index (χ1v) is 9.92. The van der Waals surface area contributed by atoms with Gasteiger partial charge in [0.15, 0.2) is 5.11 Å². The molecule has 0 radical (unpaired) electrons. The van der Waals surface area contributed by atoms with Crippen LogP contribution in [-0.2, 0) is 9.53 Å². The van der Waals surface area contributed by atoms with E-state index in [2.05, 4.69) is 34.5 Å². The van der Waals surface area contributed by atoms with Gasteiger partial charge in [-0.25, -0.2) is 0 Å². The fourth-order valence-electron chi connectivity index (χ4n) is 3.48. The lowest BCUT2D eigenvalue weighted by Crippen LogP contribution is -2.48. The number of thiocarbonyl (C=S) groups is 1. The molecule has 2 aromatic rings. The summed E-state index contributed by atoms with van der Waals surface area (Å²) in [5.74, 6) is -0.224. The Morgan fingerprint density at radius 1 is 1.15 bits per heavy atom. The number of esters is 1. The number of benzene rings is 2. The van der Waals surface area contributed by atoms with Gasteiger partial charge in [-0.15, -0.1) is 0 Å². The number of likely N-dealkylation sites (tertiary alicyclic amines) is 1. The Hall–Kier alpha value is -2.40. The average Bonchev–Trinajstić information content (AvgIpc) is 2.73. The third-order valence-corrected chi connectivity index (χ3v) is 5.24. The van der Waals surface area contributed by atoms with Crippen LogP contribution >= 0.6 is 12.2 Å². The number of hydrogen-bond donors (Lipinski definition) is 1. The van der Waals surface area contributed by atoms with Crippen LogP contribution in [0.25, 0.3) is 0 Å². The average molecular weight is 383 g/mol. The van der Waals surface area contributed by atoms with Gasteiger partial charge in [0, 0.05) is 13.1 Å². The number of rotatable bonds is 5. The molecule has 1 aliphatic rings. The molecule has 1 N–H and O–H groups in total. The molecule has 1 fully saturated rings. The Morgan fingerprint density at radius 3 is 2.30 bits per heavy atom. The van der Waals surface area contributed by atoms with Gasteiger partial charge in [-0.1, -0.05) is 60.7 Å². The molecular weight excluding hydrogens is 356 g/mol. The molecule has 5 heteroatoms. The largest absolute Gasteiger partial charge is 0.466 e. The van der Waals surface area contributed by atoms with E-state index in [4.69, 9.17) is 17.0 Å². The van der Waals surface area contributed by atoms with E-state index >= 15 is 0 Å². The van der Waals surface area contributed by atoms with Gasteiger partial charge in [-0.2, -0.15) is 0 Å². The third kappa shape index (κ3) is 5.07. The van der Waals surface area contributed by atoms with Gasteiger partial charge >= 0.3 is 5.97 Å². The molecule has 1 unspecified atom stereocenters. The molecule has 0 aromatic heterocycles. The van der Waals surface area contributed by atoms with E-state index in [1.165, 1.54) is 0 Å². The summed E-state index contributed by atoms with van der Waals surface area (Å²) in [6.07, 6.45) is 1.80. The molecule has 1 aliphatic heterocycles. The predicted octanol–water partition coefficient (Wildman–Crippen LogP) is 3.93. The molecule has 2 aromatic carbocycles. The SMILES string of the molecule is CCOC(=O)C1CCCN(C(=S)NC(c2ccccc2)c2ccccc2)C1. The minimum atomic E-state index is -0.118. The van der Waals surface area contributed by atoms with E-state index in [0.29, 0.717) is 18.3 Å². The molecule has 1 saturated heterocycles. The quantitative estimate of drug-likeness (QED) is 0.627. The molecule has 1 atom stereocenters. The fraction of sp³-hybridized carbons (Fsp3) is 0.364. The summed E-state index contributed by atoms with van der Waals surface area (Å²) in [7, 11) is 0. The first kappa shape index (κ1) is 19.4. The highest BCUT2D eigenvalue weighted by atomic mass is 32.1. The van der Waals surface area contributed by atoms with Gasteiger partial charge in [0.25, 0.3) is 0 Å². The second-order valence-corrected chi connectivity index (χ2v) is 7.13. The first-order chi connectivity index (χ1) is 13.2. The van der Waals surface area contributed by atoms with Crippen LogP contribution in [0.3, 0.4) is 0 Å². The zero-order valence-corrected chi connectivity index (χ0v) is 16.5. The van der Waals surface area contributed by atoms with E-state index in [9.17, 15) is 4.79 Å². The van der Waals surface area contributed by atoms with Crippen LogP contribution in [0.5, 0.6) is 0 Å². The first-order valence-electron chi connectivity index (χ1n) is 9.51. The Bertz CT molecular complexity index is 712. The zero-order valence-electron chi connectivity index (χ0n) is 15.6. The number of piperidine rings is 1. The molecule has 0 spiro atoms. The van der Waals surface area contributed by atoms with E-state index in [1.54, 1.807) is 0 Å². The van der Waals surface area contributed by atoms with Crippen molar-refractivity contribution in [3.63, 3.8) is 0 Å². The minimum absolute atomic E-state index is 0.0251. The van der Waals surface area contributed by atoms with Gasteiger partial charge in [0.05, 0.1) is 18.6 Å². The predicted molar refractivity (Wildman–Crippen MR) is 111 cm³/mol.